The van der Waals surface area contributed by atoms with E-state index in [1.807, 2.05) is 62.3 Å². The number of hydrogen-bond acceptors (Lipinski definition) is 10. The number of allylic oxidation sites excluding steroid dienone is 1. The summed E-state index contributed by atoms with van der Waals surface area (Å²) in [5.41, 5.74) is 6.40. The monoisotopic (exact) mass is 599 g/mol. The molecule has 12 nitrogen and oxygen atoms in total. The molecule has 2 aromatic heterocycles. The number of hydrogen-bond donors (Lipinski definition) is 2. The number of nitrogens with one attached hydrogen (secondary N) is 1. The molecule has 0 bridgehead atoms. The van der Waals surface area contributed by atoms with Crippen LogP contribution in [0.25, 0.3) is 0 Å². The highest BCUT2D eigenvalue weighted by Crippen LogP contribution is 2.36. The molecule has 0 spiro atoms. The quantitative estimate of drug-likeness (QED) is 0.529. The summed E-state index contributed by atoms with van der Waals surface area (Å²) in [5, 5.41) is 11.2. The Balaban J connectivity index is 0.00000168. The van der Waals surface area contributed by atoms with Crippen LogP contribution in [0, 0.1) is 18.8 Å². The molecule has 5 aliphatic rings. The topological polar surface area (TPSA) is 130 Å². The number of likely N-dealkylation sites (tertiary alicyclic amines) is 2. The van der Waals surface area contributed by atoms with Crippen LogP contribution in [0.5, 0.6) is 0 Å². The average molecular weight is 600 g/mol. The van der Waals surface area contributed by atoms with Gasteiger partial charge >= 0.3 is 5.97 Å². The van der Waals surface area contributed by atoms with E-state index < -0.39 is 12.1 Å². The van der Waals surface area contributed by atoms with Gasteiger partial charge in [0.1, 0.15) is 17.5 Å². The Labute approximate surface area is 258 Å². The molecule has 12 heteroatoms. The third-order valence-electron chi connectivity index (χ3n) is 9.19. The Morgan fingerprint density at radius 3 is 2.41 bits per heavy atom. The number of carbonyl (C=O) groups excluding carboxylic acids is 1. The second-order valence-corrected chi connectivity index (χ2v) is 12.4. The fraction of sp³-hybridized carbons (Fsp3) is 0.500. The fourth-order valence-corrected chi connectivity index (χ4v) is 6.86. The second-order valence-electron chi connectivity index (χ2n) is 12.4. The van der Waals surface area contributed by atoms with Crippen molar-refractivity contribution in [3.63, 3.8) is 0 Å². The maximum Gasteiger partial charge on any atom is 0.354 e. The molecular weight excluding hydrogens is 558 g/mol. The average Bonchev–Trinajstić information content (AvgIpc) is 3.81. The summed E-state index contributed by atoms with van der Waals surface area (Å²) < 4.78 is 0. The first-order valence-corrected chi connectivity index (χ1v) is 15.5. The number of aromatic carboxylic acids is 1. The molecule has 2 N–H and O–H groups in total. The summed E-state index contributed by atoms with van der Waals surface area (Å²) in [6.07, 6.45) is 8.26. The van der Waals surface area contributed by atoms with Crippen LogP contribution >= 0.6 is 0 Å². The van der Waals surface area contributed by atoms with Crippen molar-refractivity contribution in [3.05, 3.63) is 71.2 Å². The summed E-state index contributed by atoms with van der Waals surface area (Å²) in [6.45, 7) is 14.8. The lowest BCUT2D eigenvalue weighted by atomic mass is 9.88. The number of amides is 1. The van der Waals surface area contributed by atoms with Crippen molar-refractivity contribution < 1.29 is 14.7 Å². The van der Waals surface area contributed by atoms with Crippen molar-refractivity contribution in [1.82, 2.24) is 35.2 Å². The number of aromatic nitrogens is 3. The first kappa shape index (κ1) is 29.7. The van der Waals surface area contributed by atoms with E-state index >= 15 is 0 Å². The van der Waals surface area contributed by atoms with E-state index in [1.54, 1.807) is 6.07 Å². The Morgan fingerprint density at radius 1 is 1.02 bits per heavy atom. The Kier molecular flexibility index (Phi) is 7.87. The van der Waals surface area contributed by atoms with Gasteiger partial charge in [0.2, 0.25) is 0 Å². The number of nitrogens with zero attached hydrogens (tertiary/aromatic N) is 8. The molecule has 0 aromatic carbocycles. The summed E-state index contributed by atoms with van der Waals surface area (Å²) in [6, 6.07) is 5.08. The van der Waals surface area contributed by atoms with Crippen molar-refractivity contribution in [1.29, 1.82) is 0 Å². The molecule has 5 aliphatic heterocycles. The largest absolute Gasteiger partial charge is 0.477 e. The van der Waals surface area contributed by atoms with E-state index in [9.17, 15) is 14.7 Å². The van der Waals surface area contributed by atoms with Crippen LogP contribution in [0.2, 0.25) is 0 Å². The number of hydrazine groups is 1. The van der Waals surface area contributed by atoms with Crippen molar-refractivity contribution in [2.75, 3.05) is 44.2 Å². The number of carboxylic acids is 1. The molecule has 3 saturated heterocycles. The lowest BCUT2D eigenvalue weighted by Gasteiger charge is -2.30. The first-order valence-electron chi connectivity index (χ1n) is 15.5. The van der Waals surface area contributed by atoms with Crippen molar-refractivity contribution in [3.8, 4) is 0 Å². The number of carboxylic acid groups (broad SMARTS) is 1. The third-order valence-corrected chi connectivity index (χ3v) is 9.19. The molecule has 7 rings (SSSR count). The Hall–Kier alpha value is -4.32. The zero-order valence-electron chi connectivity index (χ0n) is 26.1. The molecule has 44 heavy (non-hydrogen) atoms. The number of anilines is 1. The maximum atomic E-state index is 13.6. The maximum absolute atomic E-state index is 13.6. The van der Waals surface area contributed by atoms with Gasteiger partial charge in [-0.05, 0) is 49.6 Å². The van der Waals surface area contributed by atoms with E-state index in [0.717, 1.165) is 61.1 Å². The lowest BCUT2D eigenvalue weighted by molar-refractivity contribution is -0.132. The minimum Gasteiger partial charge on any atom is -0.477 e. The van der Waals surface area contributed by atoms with Crippen molar-refractivity contribution in [2.24, 2.45) is 16.8 Å². The highest BCUT2D eigenvalue weighted by atomic mass is 16.4. The van der Waals surface area contributed by atoms with Gasteiger partial charge in [0.25, 0.3) is 5.91 Å². The van der Waals surface area contributed by atoms with E-state index in [1.165, 1.54) is 6.07 Å². The van der Waals surface area contributed by atoms with Crippen molar-refractivity contribution in [2.45, 2.75) is 52.6 Å². The molecule has 3 fully saturated rings. The van der Waals surface area contributed by atoms with Gasteiger partial charge in [0.15, 0.2) is 11.9 Å². The van der Waals surface area contributed by atoms with Crippen LogP contribution in [0.4, 0.5) is 5.82 Å². The molecule has 232 valence electrons. The van der Waals surface area contributed by atoms with Gasteiger partial charge in [-0.25, -0.2) is 24.7 Å². The standard InChI is InChI=1S/C30H35N9O3.C2H6/c1-18-10-31-29(32-11-18)30(3)7-8-36(17-30)22-9-19(2)26-34-25(35-39(26)16-22)27(40)38-14-20-12-37(13-21(20)15-38)24-6-4-5-23(33-24)28(41)42;1-2/h4-6,9-11,16,20-21,25,35H,7-8,12-15,17H2,1-3H3,(H,41,42);1-2H3. The SMILES string of the molecule is CC.CC1=CC(N2CCC(C)(c3ncc(C)cn3)C2)=CN2NC(C(=O)N3CC4CN(c5cccc(C(=O)O)n5)CC4C3)N=C12. The van der Waals surface area contributed by atoms with E-state index in [-0.39, 0.29) is 17.0 Å². The Morgan fingerprint density at radius 2 is 1.73 bits per heavy atom. The number of amidine groups is 1. The zero-order valence-corrected chi connectivity index (χ0v) is 26.1. The smallest absolute Gasteiger partial charge is 0.354 e. The number of pyridine rings is 1. The van der Waals surface area contributed by atoms with E-state index in [0.29, 0.717) is 30.7 Å². The van der Waals surface area contributed by atoms with Crippen LogP contribution in [-0.2, 0) is 10.2 Å². The minimum absolute atomic E-state index is 0.0168. The zero-order chi connectivity index (χ0) is 31.2. The predicted octanol–water partition coefficient (Wildman–Crippen LogP) is 2.81. The van der Waals surface area contributed by atoms with Gasteiger partial charge < -0.3 is 19.8 Å². The summed E-state index contributed by atoms with van der Waals surface area (Å²) >= 11 is 0. The van der Waals surface area contributed by atoms with Crippen LogP contribution < -0.4 is 10.3 Å². The van der Waals surface area contributed by atoms with Gasteiger partial charge in [-0.1, -0.05) is 26.8 Å². The summed E-state index contributed by atoms with van der Waals surface area (Å²) in [4.78, 5) is 49.6. The van der Waals surface area contributed by atoms with Crippen molar-refractivity contribution >= 4 is 23.5 Å². The van der Waals surface area contributed by atoms with Crippen LogP contribution in [0.3, 0.4) is 0 Å². The predicted molar refractivity (Wildman–Crippen MR) is 167 cm³/mol. The molecule has 4 atom stereocenters. The molecule has 2 aromatic rings. The normalized spacial score (nSPS) is 27.3. The molecule has 0 radical (unpaired) electrons. The highest BCUT2D eigenvalue weighted by Gasteiger charge is 2.45. The van der Waals surface area contributed by atoms with E-state index in [2.05, 4.69) is 43.2 Å². The molecular formula is C32H41N9O3. The third kappa shape index (κ3) is 5.42. The first-order chi connectivity index (χ1) is 21.2. The van der Waals surface area contributed by atoms with Gasteiger partial charge in [0.05, 0.1) is 5.70 Å². The van der Waals surface area contributed by atoms with Crippen LogP contribution in [0.1, 0.15) is 56.0 Å². The minimum atomic E-state index is -1.03. The van der Waals surface area contributed by atoms with Gasteiger partial charge in [-0.15, -0.1) is 0 Å². The molecule has 0 saturated carbocycles. The highest BCUT2D eigenvalue weighted by molar-refractivity contribution is 6.03. The van der Waals surface area contributed by atoms with Crippen LogP contribution in [0.15, 0.2) is 59.1 Å². The molecule has 0 aliphatic carbocycles. The van der Waals surface area contributed by atoms with Gasteiger partial charge in [0, 0.05) is 75.1 Å². The summed E-state index contributed by atoms with van der Waals surface area (Å²) in [7, 11) is 0. The lowest BCUT2D eigenvalue weighted by Crippen LogP contribution is -2.47. The number of aliphatic imine (C=N–C) groups is 1. The molecule has 1 amide bonds. The number of rotatable bonds is 5. The number of carbonyl (C=O) groups is 2. The molecule has 4 unspecified atom stereocenters. The fourth-order valence-electron chi connectivity index (χ4n) is 6.86. The number of aryl methyl sites for hydroxylation is 1. The van der Waals surface area contributed by atoms with Gasteiger partial charge in [-0.2, -0.15) is 5.43 Å². The Bertz CT molecular complexity index is 1520. The molecule has 7 heterocycles. The number of fused-ring (bicyclic) bond motifs is 2. The second kappa shape index (κ2) is 11.6. The summed E-state index contributed by atoms with van der Waals surface area (Å²) in [5.74, 6) is 1.92. The van der Waals surface area contributed by atoms with Crippen LogP contribution in [-0.4, -0.2) is 98.0 Å². The van der Waals surface area contributed by atoms with E-state index in [4.69, 9.17) is 4.99 Å². The van der Waals surface area contributed by atoms with Gasteiger partial charge in [-0.3, -0.25) is 9.80 Å².